The van der Waals surface area contributed by atoms with Crippen LogP contribution in [0.3, 0.4) is 0 Å². The van der Waals surface area contributed by atoms with E-state index < -0.39 is 24.3 Å². The lowest BCUT2D eigenvalue weighted by Gasteiger charge is -2.12. The zero-order valence-electron chi connectivity index (χ0n) is 28.8. The van der Waals surface area contributed by atoms with E-state index in [4.69, 9.17) is 9.47 Å². The summed E-state index contributed by atoms with van der Waals surface area (Å²) < 4.78 is 10.2. The van der Waals surface area contributed by atoms with Gasteiger partial charge in [0.25, 0.3) is 0 Å². The highest BCUT2D eigenvalue weighted by molar-refractivity contribution is 5.69. The molecule has 0 aromatic heterocycles. The van der Waals surface area contributed by atoms with Crippen molar-refractivity contribution in [1.82, 2.24) is 0 Å². The van der Waals surface area contributed by atoms with Crippen LogP contribution in [0.5, 0.6) is 0 Å². The van der Waals surface area contributed by atoms with Crippen molar-refractivity contribution in [2.45, 2.75) is 161 Å². The highest BCUT2D eigenvalue weighted by Gasteiger charge is 2.12. The molecule has 4 atom stereocenters. The lowest BCUT2D eigenvalue weighted by molar-refractivity contribution is -0.152. The summed E-state index contributed by atoms with van der Waals surface area (Å²) in [6.45, 7) is 6.34. The van der Waals surface area contributed by atoms with Crippen LogP contribution in [0.4, 0.5) is 0 Å². The van der Waals surface area contributed by atoms with Gasteiger partial charge >= 0.3 is 11.9 Å². The Kier molecular flexibility index (Phi) is 30.2. The predicted octanol–water partition coefficient (Wildman–Crippen LogP) is 8.47. The van der Waals surface area contributed by atoms with Crippen LogP contribution in [0.25, 0.3) is 0 Å². The first-order chi connectivity index (χ1) is 21.8. The van der Waals surface area contributed by atoms with E-state index in [0.29, 0.717) is 25.7 Å². The fraction of sp³-hybridized carbons (Fsp3) is 0.737. The molecule has 3 N–H and O–H groups in total. The normalized spacial score (nSPS) is 14.9. The Morgan fingerprint density at radius 3 is 1.78 bits per heavy atom. The average molecular weight is 635 g/mol. The van der Waals surface area contributed by atoms with E-state index in [9.17, 15) is 24.9 Å². The molecule has 260 valence electrons. The van der Waals surface area contributed by atoms with Gasteiger partial charge in [0.1, 0.15) is 19.3 Å². The van der Waals surface area contributed by atoms with Crippen LogP contribution in [0, 0.1) is 5.92 Å². The summed E-state index contributed by atoms with van der Waals surface area (Å²) in [4.78, 5) is 23.8. The zero-order valence-corrected chi connectivity index (χ0v) is 28.8. The van der Waals surface area contributed by atoms with Crippen LogP contribution >= 0.6 is 0 Å². The molecule has 0 radical (unpaired) electrons. The number of carbonyl (C=O) groups excluding carboxylic acids is 2. The van der Waals surface area contributed by atoms with Crippen LogP contribution in [0.15, 0.2) is 48.6 Å². The molecular formula is C38H66O7. The van der Waals surface area contributed by atoms with Crippen molar-refractivity contribution >= 4 is 11.9 Å². The number of unbranched alkanes of at least 4 members (excludes halogenated alkanes) is 10. The van der Waals surface area contributed by atoms with Gasteiger partial charge in [0.15, 0.2) is 0 Å². The Balaban J connectivity index is 3.77. The maximum absolute atomic E-state index is 11.9. The van der Waals surface area contributed by atoms with Crippen molar-refractivity contribution in [2.24, 2.45) is 5.92 Å². The van der Waals surface area contributed by atoms with Gasteiger partial charge in [-0.1, -0.05) is 140 Å². The first kappa shape index (κ1) is 42.8. The molecule has 0 saturated heterocycles. The molecule has 0 amide bonds. The molecular weight excluding hydrogens is 568 g/mol. The fourth-order valence-electron chi connectivity index (χ4n) is 4.61. The minimum absolute atomic E-state index is 0.124. The molecule has 0 aromatic carbocycles. The third-order valence-electron chi connectivity index (χ3n) is 7.80. The Morgan fingerprint density at radius 1 is 0.622 bits per heavy atom. The minimum Gasteiger partial charge on any atom is -0.463 e. The Morgan fingerprint density at radius 2 is 1.18 bits per heavy atom. The van der Waals surface area contributed by atoms with E-state index in [-0.39, 0.29) is 25.6 Å². The molecule has 0 fully saturated rings. The molecule has 0 aliphatic rings. The molecule has 0 aliphatic heterocycles. The monoisotopic (exact) mass is 634 g/mol. The first-order valence-corrected chi connectivity index (χ1v) is 17.8. The SMILES string of the molecule is CCCCC/C=C\C[C@@H](O)/C=C/C=C/C=C\[C@@H](O)CCCC(=O)OC[C@H](O)COC(=O)CCCCCCCCCCC(C)CC. The first-order valence-electron chi connectivity index (χ1n) is 17.8. The molecule has 0 bridgehead atoms. The lowest BCUT2D eigenvalue weighted by Crippen LogP contribution is -2.25. The number of aliphatic hydroxyl groups excluding tert-OH is 3. The molecule has 0 aliphatic carbocycles. The maximum atomic E-state index is 11.9. The Bertz CT molecular complexity index is 817. The van der Waals surface area contributed by atoms with E-state index in [1.54, 1.807) is 36.5 Å². The van der Waals surface area contributed by atoms with Crippen molar-refractivity contribution in [2.75, 3.05) is 13.2 Å². The topological polar surface area (TPSA) is 113 Å². The van der Waals surface area contributed by atoms with Crippen molar-refractivity contribution < 1.29 is 34.4 Å². The minimum atomic E-state index is -1.05. The quantitative estimate of drug-likeness (QED) is 0.0314. The number of allylic oxidation sites excluding steroid dienone is 5. The average Bonchev–Trinajstić information content (AvgIpc) is 3.02. The van der Waals surface area contributed by atoms with Crippen molar-refractivity contribution in [1.29, 1.82) is 0 Å². The van der Waals surface area contributed by atoms with Crippen LogP contribution in [0.2, 0.25) is 0 Å². The molecule has 0 spiro atoms. The van der Waals surface area contributed by atoms with Gasteiger partial charge in [0.05, 0.1) is 12.2 Å². The van der Waals surface area contributed by atoms with Gasteiger partial charge in [-0.2, -0.15) is 0 Å². The number of hydrogen-bond donors (Lipinski definition) is 3. The second-order valence-electron chi connectivity index (χ2n) is 12.3. The highest BCUT2D eigenvalue weighted by Crippen LogP contribution is 2.15. The standard InChI is InChI=1S/C38H66O7/c1-4-6-7-8-14-19-25-34(39)26-20-16-17-21-27-35(40)28-23-30-38(43)45-32-36(41)31-44-37(42)29-22-15-12-10-9-11-13-18-24-33(3)5-2/h14,16-17,19-21,26-27,33-36,39-41H,4-13,15,18,22-25,28-32H2,1-3H3/b17-16+,19-14-,26-20+,27-21-/t33?,34-,35-,36-/m1/s1. The van der Waals surface area contributed by atoms with E-state index >= 15 is 0 Å². The van der Waals surface area contributed by atoms with E-state index in [1.807, 2.05) is 6.08 Å². The predicted molar refractivity (Wildman–Crippen MR) is 185 cm³/mol. The zero-order chi connectivity index (χ0) is 33.4. The number of ether oxygens (including phenoxy) is 2. The molecule has 0 heterocycles. The summed E-state index contributed by atoms with van der Waals surface area (Å²) in [6, 6.07) is 0. The van der Waals surface area contributed by atoms with Gasteiger partial charge in [-0.05, 0) is 44.4 Å². The lowest BCUT2D eigenvalue weighted by atomic mass is 9.99. The molecule has 45 heavy (non-hydrogen) atoms. The van der Waals surface area contributed by atoms with Crippen LogP contribution in [0.1, 0.15) is 143 Å². The largest absolute Gasteiger partial charge is 0.463 e. The van der Waals surface area contributed by atoms with Crippen molar-refractivity contribution in [3.05, 3.63) is 48.6 Å². The molecule has 0 aromatic rings. The van der Waals surface area contributed by atoms with Gasteiger partial charge in [-0.3, -0.25) is 9.59 Å². The Hall–Kier alpha value is -2.22. The summed E-state index contributed by atoms with van der Waals surface area (Å²) in [5, 5.41) is 30.0. The summed E-state index contributed by atoms with van der Waals surface area (Å²) in [7, 11) is 0. The molecule has 0 rings (SSSR count). The second kappa shape index (κ2) is 31.7. The highest BCUT2D eigenvalue weighted by atomic mass is 16.6. The van der Waals surface area contributed by atoms with Gasteiger partial charge in [-0.25, -0.2) is 0 Å². The summed E-state index contributed by atoms with van der Waals surface area (Å²) in [5.74, 6) is 0.0387. The molecule has 1 unspecified atom stereocenters. The number of esters is 2. The van der Waals surface area contributed by atoms with E-state index in [1.165, 1.54) is 64.2 Å². The number of hydrogen-bond acceptors (Lipinski definition) is 7. The molecule has 7 heteroatoms. The van der Waals surface area contributed by atoms with Gasteiger partial charge in [-0.15, -0.1) is 0 Å². The van der Waals surface area contributed by atoms with Gasteiger partial charge < -0.3 is 24.8 Å². The van der Waals surface area contributed by atoms with Crippen LogP contribution < -0.4 is 0 Å². The summed E-state index contributed by atoms with van der Waals surface area (Å²) in [6.07, 6.45) is 30.8. The maximum Gasteiger partial charge on any atom is 0.305 e. The summed E-state index contributed by atoms with van der Waals surface area (Å²) >= 11 is 0. The molecule has 0 saturated carbocycles. The van der Waals surface area contributed by atoms with Crippen LogP contribution in [-0.4, -0.2) is 58.8 Å². The summed E-state index contributed by atoms with van der Waals surface area (Å²) in [5.41, 5.74) is 0. The van der Waals surface area contributed by atoms with Gasteiger partial charge in [0.2, 0.25) is 0 Å². The van der Waals surface area contributed by atoms with E-state index in [0.717, 1.165) is 31.6 Å². The van der Waals surface area contributed by atoms with Crippen molar-refractivity contribution in [3.8, 4) is 0 Å². The number of aliphatic hydroxyl groups is 3. The molecule has 7 nitrogen and oxygen atoms in total. The third-order valence-corrected chi connectivity index (χ3v) is 7.80. The number of carbonyl (C=O) groups is 2. The Labute approximate surface area is 274 Å². The van der Waals surface area contributed by atoms with Gasteiger partial charge in [0, 0.05) is 12.8 Å². The van der Waals surface area contributed by atoms with E-state index in [2.05, 4.69) is 26.8 Å². The van der Waals surface area contributed by atoms with Crippen LogP contribution in [-0.2, 0) is 19.1 Å². The third kappa shape index (κ3) is 31.5. The number of rotatable bonds is 30. The smallest absolute Gasteiger partial charge is 0.305 e. The second-order valence-corrected chi connectivity index (χ2v) is 12.3. The van der Waals surface area contributed by atoms with Crippen molar-refractivity contribution in [3.63, 3.8) is 0 Å². The fourth-order valence-corrected chi connectivity index (χ4v) is 4.61.